The van der Waals surface area contributed by atoms with E-state index in [1.165, 1.54) is 11.3 Å². The molecule has 0 spiro atoms. The van der Waals surface area contributed by atoms with Crippen molar-refractivity contribution in [3.05, 3.63) is 58.1 Å². The molecule has 6 heteroatoms. The van der Waals surface area contributed by atoms with Gasteiger partial charge in [0.15, 0.2) is 0 Å². The van der Waals surface area contributed by atoms with E-state index >= 15 is 0 Å². The maximum atomic E-state index is 12.9. The summed E-state index contributed by atoms with van der Waals surface area (Å²) in [5.41, 5.74) is 6.12. The van der Waals surface area contributed by atoms with Crippen LogP contribution in [0.5, 0.6) is 0 Å². The van der Waals surface area contributed by atoms with Gasteiger partial charge in [0.25, 0.3) is 0 Å². The number of morpholine rings is 1. The molecule has 0 unspecified atom stereocenters. The Morgan fingerprint density at radius 2 is 1.55 bits per heavy atom. The number of sulfonamides is 1. The van der Waals surface area contributed by atoms with Crippen molar-refractivity contribution in [1.82, 2.24) is 4.72 Å². The largest absolute Gasteiger partial charge is 0.378 e. The molecule has 0 atom stereocenters. The molecular formula is C23H32N2O3S. The second-order valence-electron chi connectivity index (χ2n) is 7.86. The first kappa shape index (κ1) is 21.8. The van der Waals surface area contributed by atoms with Crippen molar-refractivity contribution >= 4 is 15.7 Å². The quantitative estimate of drug-likeness (QED) is 0.700. The summed E-state index contributed by atoms with van der Waals surface area (Å²) < 4.78 is 34.0. The molecule has 0 bridgehead atoms. The van der Waals surface area contributed by atoms with Crippen LogP contribution in [0.15, 0.2) is 35.2 Å². The molecule has 2 aromatic rings. The van der Waals surface area contributed by atoms with Crippen molar-refractivity contribution in [2.75, 3.05) is 37.7 Å². The van der Waals surface area contributed by atoms with Gasteiger partial charge in [-0.25, -0.2) is 13.1 Å². The number of hydrogen-bond acceptors (Lipinski definition) is 4. The molecule has 0 saturated carbocycles. The Kier molecular flexibility index (Phi) is 6.98. The van der Waals surface area contributed by atoms with Crippen LogP contribution >= 0.6 is 0 Å². The van der Waals surface area contributed by atoms with E-state index < -0.39 is 10.0 Å². The molecule has 1 saturated heterocycles. The maximum absolute atomic E-state index is 12.9. The van der Waals surface area contributed by atoms with Gasteiger partial charge in [-0.3, -0.25) is 0 Å². The molecule has 3 rings (SSSR count). The van der Waals surface area contributed by atoms with Crippen molar-refractivity contribution in [3.63, 3.8) is 0 Å². The lowest BCUT2D eigenvalue weighted by atomic mass is 10.0. The Labute approximate surface area is 175 Å². The normalized spacial score (nSPS) is 15.0. The Hall–Kier alpha value is -1.89. The zero-order valence-corrected chi connectivity index (χ0v) is 18.7. The summed E-state index contributed by atoms with van der Waals surface area (Å²) in [4.78, 5) is 2.76. The van der Waals surface area contributed by atoms with Gasteiger partial charge in [-0.2, -0.15) is 0 Å². The fraction of sp³-hybridized carbons (Fsp3) is 0.478. The molecule has 29 heavy (non-hydrogen) atoms. The minimum Gasteiger partial charge on any atom is -0.378 e. The summed E-state index contributed by atoms with van der Waals surface area (Å²) in [5.74, 6) is 0. The van der Waals surface area contributed by atoms with Gasteiger partial charge in [0.2, 0.25) is 10.0 Å². The van der Waals surface area contributed by atoms with Crippen molar-refractivity contribution < 1.29 is 13.2 Å². The van der Waals surface area contributed by atoms with Gasteiger partial charge >= 0.3 is 0 Å². The number of hydrogen-bond donors (Lipinski definition) is 1. The van der Waals surface area contributed by atoms with E-state index in [-0.39, 0.29) is 0 Å². The summed E-state index contributed by atoms with van der Waals surface area (Å²) in [6.07, 6.45) is 1.61. The van der Waals surface area contributed by atoms with Gasteiger partial charge in [-0.15, -0.1) is 0 Å². The fourth-order valence-corrected chi connectivity index (χ4v) is 5.54. The second kappa shape index (κ2) is 9.28. The minimum atomic E-state index is -3.51. The molecular weight excluding hydrogens is 384 g/mol. The van der Waals surface area contributed by atoms with Gasteiger partial charge < -0.3 is 9.64 Å². The van der Waals surface area contributed by atoms with Gasteiger partial charge in [-0.1, -0.05) is 18.2 Å². The molecule has 0 aliphatic carbocycles. The Balaban J connectivity index is 1.56. The lowest BCUT2D eigenvalue weighted by Gasteiger charge is -2.28. The van der Waals surface area contributed by atoms with Crippen LogP contribution < -0.4 is 9.62 Å². The molecule has 158 valence electrons. The van der Waals surface area contributed by atoms with Crippen LogP contribution in [0.4, 0.5) is 5.69 Å². The van der Waals surface area contributed by atoms with Crippen LogP contribution in [0, 0.1) is 27.7 Å². The van der Waals surface area contributed by atoms with E-state index in [9.17, 15) is 8.42 Å². The predicted molar refractivity (Wildman–Crippen MR) is 118 cm³/mol. The Morgan fingerprint density at radius 3 is 2.14 bits per heavy atom. The summed E-state index contributed by atoms with van der Waals surface area (Å²) in [6, 6.07) is 10.6. The zero-order valence-electron chi connectivity index (χ0n) is 17.9. The van der Waals surface area contributed by atoms with Gasteiger partial charge in [0.05, 0.1) is 18.1 Å². The van der Waals surface area contributed by atoms with E-state index in [0.29, 0.717) is 11.4 Å². The number of aryl methyl sites for hydroxylation is 3. The molecule has 5 nitrogen and oxygen atoms in total. The lowest BCUT2D eigenvalue weighted by Crippen LogP contribution is -2.36. The topological polar surface area (TPSA) is 58.6 Å². The molecule has 1 aliphatic heterocycles. The average Bonchev–Trinajstić information content (AvgIpc) is 2.71. The van der Waals surface area contributed by atoms with Crippen LogP contribution in [-0.2, 0) is 21.2 Å². The van der Waals surface area contributed by atoms with E-state index in [1.54, 1.807) is 0 Å². The fourth-order valence-electron chi connectivity index (χ4n) is 3.85. The third kappa shape index (κ3) is 5.18. The molecule has 0 amide bonds. The van der Waals surface area contributed by atoms with Crippen molar-refractivity contribution in [2.45, 2.75) is 45.4 Å². The smallest absolute Gasteiger partial charge is 0.241 e. The highest BCUT2D eigenvalue weighted by atomic mass is 32.2. The van der Waals surface area contributed by atoms with Crippen LogP contribution in [0.2, 0.25) is 0 Å². The number of rotatable bonds is 7. The van der Waals surface area contributed by atoms with E-state index in [2.05, 4.69) is 33.9 Å². The van der Waals surface area contributed by atoms with Crippen LogP contribution in [0.25, 0.3) is 0 Å². The van der Waals surface area contributed by atoms with Crippen molar-refractivity contribution in [2.24, 2.45) is 0 Å². The highest BCUT2D eigenvalue weighted by Crippen LogP contribution is 2.26. The summed E-state index contributed by atoms with van der Waals surface area (Å²) in [6.45, 7) is 11.5. The molecule has 1 fully saturated rings. The Bertz CT molecular complexity index is 921. The Morgan fingerprint density at radius 1 is 0.966 bits per heavy atom. The number of anilines is 1. The van der Waals surface area contributed by atoms with E-state index in [1.807, 2.05) is 33.8 Å². The molecule has 1 N–H and O–H groups in total. The SMILES string of the molecule is Cc1cc(C)c(C)c(S(=O)(=O)NCCCc2ccc(N3CCOCC3)cc2)c1C. The summed E-state index contributed by atoms with van der Waals surface area (Å²) in [5, 5.41) is 0. The highest BCUT2D eigenvalue weighted by Gasteiger charge is 2.21. The zero-order chi connectivity index (χ0) is 21.0. The second-order valence-corrected chi connectivity index (χ2v) is 9.56. The first-order chi connectivity index (χ1) is 13.8. The minimum absolute atomic E-state index is 0.430. The monoisotopic (exact) mass is 416 g/mol. The molecule has 2 aromatic carbocycles. The first-order valence-corrected chi connectivity index (χ1v) is 11.8. The number of ether oxygens (including phenoxy) is 1. The van der Waals surface area contributed by atoms with Gasteiger partial charge in [-0.05, 0) is 80.5 Å². The van der Waals surface area contributed by atoms with Gasteiger partial charge in [0.1, 0.15) is 0 Å². The first-order valence-electron chi connectivity index (χ1n) is 10.3. The molecule has 0 radical (unpaired) electrons. The molecule has 1 aliphatic rings. The average molecular weight is 417 g/mol. The van der Waals surface area contributed by atoms with E-state index in [0.717, 1.165) is 61.4 Å². The van der Waals surface area contributed by atoms with Crippen LogP contribution in [0.1, 0.15) is 34.2 Å². The summed E-state index contributed by atoms with van der Waals surface area (Å²) >= 11 is 0. The third-order valence-corrected chi connectivity index (χ3v) is 7.55. The lowest BCUT2D eigenvalue weighted by molar-refractivity contribution is 0.122. The highest BCUT2D eigenvalue weighted by molar-refractivity contribution is 7.89. The number of nitrogens with zero attached hydrogens (tertiary/aromatic N) is 1. The standard InChI is InChI=1S/C23H32N2O3S/c1-17-16-18(2)20(4)23(19(17)3)29(26,27)24-11-5-6-21-7-9-22(10-8-21)25-12-14-28-15-13-25/h7-10,16,24H,5-6,11-15H2,1-4H3. The summed E-state index contributed by atoms with van der Waals surface area (Å²) in [7, 11) is -3.51. The van der Waals surface area contributed by atoms with E-state index in [4.69, 9.17) is 4.74 Å². The maximum Gasteiger partial charge on any atom is 0.241 e. The number of benzene rings is 2. The van der Waals surface area contributed by atoms with Crippen molar-refractivity contribution in [1.29, 1.82) is 0 Å². The van der Waals surface area contributed by atoms with Crippen LogP contribution in [0.3, 0.4) is 0 Å². The van der Waals surface area contributed by atoms with Gasteiger partial charge in [0, 0.05) is 25.3 Å². The molecule has 0 aromatic heterocycles. The predicted octanol–water partition coefficient (Wildman–Crippen LogP) is 3.67. The number of nitrogens with one attached hydrogen (secondary N) is 1. The van der Waals surface area contributed by atoms with Crippen LogP contribution in [-0.4, -0.2) is 41.3 Å². The third-order valence-electron chi connectivity index (χ3n) is 5.81. The van der Waals surface area contributed by atoms with Crippen molar-refractivity contribution in [3.8, 4) is 0 Å². The molecule has 1 heterocycles.